The van der Waals surface area contributed by atoms with E-state index in [-0.39, 0.29) is 5.56 Å². The zero-order valence-electron chi connectivity index (χ0n) is 17.7. The van der Waals surface area contributed by atoms with Crippen LogP contribution in [0.15, 0.2) is 23.0 Å². The maximum Gasteiger partial charge on any atom is 0.254 e. The minimum Gasteiger partial charge on any atom is -0.493 e. The highest BCUT2D eigenvalue weighted by atomic mass is 16.6. The summed E-state index contributed by atoms with van der Waals surface area (Å²) in [7, 11) is 0. The van der Waals surface area contributed by atoms with Gasteiger partial charge in [0.2, 0.25) is 0 Å². The van der Waals surface area contributed by atoms with E-state index in [1.807, 2.05) is 6.92 Å². The predicted octanol–water partition coefficient (Wildman–Crippen LogP) is 0.0543. The van der Waals surface area contributed by atoms with E-state index in [4.69, 9.17) is 9.47 Å². The van der Waals surface area contributed by atoms with Gasteiger partial charge in [-0.1, -0.05) is 6.92 Å². The molecule has 6 N–H and O–H groups in total. The topological polar surface area (TPSA) is 157 Å². The minimum absolute atomic E-state index is 0.253. The van der Waals surface area contributed by atoms with Crippen LogP contribution >= 0.6 is 0 Å². The molecular weight excluding hydrogens is 406 g/mol. The second kappa shape index (κ2) is 9.75. The molecule has 5 unspecified atom stereocenters. The van der Waals surface area contributed by atoms with Gasteiger partial charge in [0.05, 0.1) is 18.8 Å². The summed E-state index contributed by atoms with van der Waals surface area (Å²) in [6.07, 6.45) is -5.69. The van der Waals surface area contributed by atoms with Gasteiger partial charge < -0.3 is 40.2 Å². The Labute approximate surface area is 179 Å². The number of hydrogen-bond acceptors (Lipinski definition) is 9. The monoisotopic (exact) mass is 435 g/mol. The average molecular weight is 435 g/mol. The number of nitrogens with zero attached hydrogens (tertiary/aromatic N) is 1. The fourth-order valence-corrected chi connectivity index (χ4v) is 3.30. The van der Waals surface area contributed by atoms with Crippen LogP contribution < -0.4 is 15.6 Å². The summed E-state index contributed by atoms with van der Waals surface area (Å²) >= 11 is 0. The third kappa shape index (κ3) is 4.89. The van der Waals surface area contributed by atoms with Crippen LogP contribution in [0, 0.1) is 13.8 Å². The van der Waals surface area contributed by atoms with Crippen LogP contribution in [0.5, 0.6) is 5.75 Å². The molecule has 1 aliphatic rings. The number of nitrogens with one attached hydrogen (secondary N) is 2. The molecule has 0 bridgehead atoms. The number of rotatable bonds is 7. The van der Waals surface area contributed by atoms with E-state index in [9.17, 15) is 25.2 Å². The van der Waals surface area contributed by atoms with Crippen molar-refractivity contribution in [1.29, 1.82) is 0 Å². The van der Waals surface area contributed by atoms with Gasteiger partial charge in [0.15, 0.2) is 6.23 Å². The second-order valence-electron chi connectivity index (χ2n) is 7.58. The Morgan fingerprint density at radius 3 is 2.58 bits per heavy atom. The van der Waals surface area contributed by atoms with Crippen LogP contribution in [0.4, 0.5) is 5.69 Å². The zero-order chi connectivity index (χ0) is 22.7. The Bertz CT molecular complexity index is 962. The van der Waals surface area contributed by atoms with Gasteiger partial charge in [-0.15, -0.1) is 0 Å². The molecule has 2 aromatic rings. The van der Waals surface area contributed by atoms with Crippen LogP contribution in [-0.4, -0.2) is 74.3 Å². The molecule has 10 heteroatoms. The molecule has 1 aromatic carbocycles. The molecule has 0 aliphatic carbocycles. The van der Waals surface area contributed by atoms with Crippen LogP contribution in [0.2, 0.25) is 0 Å². The Morgan fingerprint density at radius 1 is 1.19 bits per heavy atom. The summed E-state index contributed by atoms with van der Waals surface area (Å²) in [5, 5.41) is 42.6. The molecule has 3 rings (SSSR count). The van der Waals surface area contributed by atoms with E-state index in [0.717, 1.165) is 6.42 Å². The van der Waals surface area contributed by atoms with E-state index < -0.39 is 37.3 Å². The number of benzene rings is 1. The number of ether oxygens (including phenoxy) is 2. The fourth-order valence-electron chi connectivity index (χ4n) is 3.30. The van der Waals surface area contributed by atoms with Crippen molar-refractivity contribution in [3.8, 4) is 17.1 Å². The molecule has 170 valence electrons. The lowest BCUT2D eigenvalue weighted by atomic mass is 9.98. The molecule has 1 fully saturated rings. The third-order valence-corrected chi connectivity index (χ3v) is 5.29. The number of aromatic amines is 1. The van der Waals surface area contributed by atoms with Crippen LogP contribution in [0.25, 0.3) is 11.4 Å². The van der Waals surface area contributed by atoms with E-state index >= 15 is 0 Å². The highest BCUT2D eigenvalue weighted by Gasteiger charge is 2.43. The molecular formula is C21H29N3O7. The average Bonchev–Trinajstić information content (AvgIpc) is 2.76. The van der Waals surface area contributed by atoms with Crippen molar-refractivity contribution in [3.63, 3.8) is 0 Å². The van der Waals surface area contributed by atoms with Gasteiger partial charge >= 0.3 is 0 Å². The number of hydrogen-bond donors (Lipinski definition) is 6. The van der Waals surface area contributed by atoms with Crippen molar-refractivity contribution in [2.24, 2.45) is 0 Å². The molecule has 0 radical (unpaired) electrons. The van der Waals surface area contributed by atoms with Crippen molar-refractivity contribution in [2.45, 2.75) is 57.8 Å². The van der Waals surface area contributed by atoms with Crippen molar-refractivity contribution >= 4 is 5.69 Å². The first-order chi connectivity index (χ1) is 14.8. The summed E-state index contributed by atoms with van der Waals surface area (Å²) in [5.74, 6) is 0.851. The van der Waals surface area contributed by atoms with Crippen molar-refractivity contribution in [3.05, 3.63) is 39.8 Å². The Kier molecular flexibility index (Phi) is 7.29. The molecule has 1 saturated heterocycles. The van der Waals surface area contributed by atoms with Crippen molar-refractivity contribution in [2.75, 3.05) is 18.5 Å². The minimum atomic E-state index is -1.49. The van der Waals surface area contributed by atoms with Crippen LogP contribution in [0.3, 0.4) is 0 Å². The van der Waals surface area contributed by atoms with Crippen LogP contribution in [-0.2, 0) is 4.74 Å². The summed E-state index contributed by atoms with van der Waals surface area (Å²) in [4.78, 5) is 19.5. The second-order valence-corrected chi connectivity index (χ2v) is 7.58. The smallest absolute Gasteiger partial charge is 0.254 e. The fraction of sp³-hybridized carbons (Fsp3) is 0.524. The van der Waals surface area contributed by atoms with Gasteiger partial charge in [-0.25, -0.2) is 4.98 Å². The number of aryl methyl sites for hydroxylation is 1. The molecule has 2 heterocycles. The molecule has 5 atom stereocenters. The molecule has 0 amide bonds. The SMILES string of the molecule is CCCOc1ccc(NC2OC(CO)C(O)C(O)C2O)cc1-c1nc(C)c(C)c(=O)[nH]1. The van der Waals surface area contributed by atoms with Crippen molar-refractivity contribution in [1.82, 2.24) is 9.97 Å². The van der Waals surface area contributed by atoms with Crippen LogP contribution in [0.1, 0.15) is 24.6 Å². The predicted molar refractivity (Wildman–Crippen MR) is 113 cm³/mol. The van der Waals surface area contributed by atoms with E-state index in [0.29, 0.717) is 40.7 Å². The zero-order valence-corrected chi connectivity index (χ0v) is 17.7. The molecule has 0 spiro atoms. The third-order valence-electron chi connectivity index (χ3n) is 5.29. The lowest BCUT2D eigenvalue weighted by molar-refractivity contribution is -0.221. The quantitative estimate of drug-likeness (QED) is 0.354. The molecule has 10 nitrogen and oxygen atoms in total. The largest absolute Gasteiger partial charge is 0.493 e. The summed E-state index contributed by atoms with van der Waals surface area (Å²) < 4.78 is 11.3. The molecule has 0 saturated carbocycles. The number of anilines is 1. The first-order valence-electron chi connectivity index (χ1n) is 10.2. The van der Waals surface area contributed by atoms with Gasteiger partial charge in [-0.2, -0.15) is 0 Å². The van der Waals surface area contributed by atoms with E-state index in [1.165, 1.54) is 0 Å². The van der Waals surface area contributed by atoms with E-state index in [1.54, 1.807) is 32.0 Å². The Morgan fingerprint density at radius 2 is 1.94 bits per heavy atom. The summed E-state index contributed by atoms with van der Waals surface area (Å²) in [6.45, 7) is 5.37. The lowest BCUT2D eigenvalue weighted by Crippen LogP contribution is -2.60. The molecule has 1 aliphatic heterocycles. The van der Waals surface area contributed by atoms with Gasteiger partial charge in [0, 0.05) is 16.9 Å². The van der Waals surface area contributed by atoms with Gasteiger partial charge in [-0.3, -0.25) is 4.79 Å². The van der Waals surface area contributed by atoms with Gasteiger partial charge in [0.1, 0.15) is 36.0 Å². The van der Waals surface area contributed by atoms with E-state index in [2.05, 4.69) is 15.3 Å². The lowest BCUT2D eigenvalue weighted by Gasteiger charge is -2.40. The highest BCUT2D eigenvalue weighted by molar-refractivity contribution is 5.70. The maximum atomic E-state index is 12.3. The summed E-state index contributed by atoms with van der Waals surface area (Å²) in [5.41, 5.74) is 1.88. The Balaban J connectivity index is 1.96. The molecule has 31 heavy (non-hydrogen) atoms. The standard InChI is InChI=1S/C21H29N3O7/c1-4-7-30-14-6-5-12(8-13(14)19-22-11(3)10(2)20(29)24-19)23-21-18(28)17(27)16(26)15(9-25)31-21/h5-6,8,15-18,21,23,25-28H,4,7,9H2,1-3H3,(H,22,24,29). The van der Waals surface area contributed by atoms with Crippen molar-refractivity contribution < 1.29 is 29.9 Å². The first kappa shape index (κ1) is 23.2. The number of H-pyrrole nitrogens is 1. The Hall–Kier alpha value is -2.50. The number of aliphatic hydroxyl groups is 4. The van der Waals surface area contributed by atoms with Gasteiger partial charge in [0.25, 0.3) is 5.56 Å². The summed E-state index contributed by atoms with van der Waals surface area (Å²) in [6, 6.07) is 5.07. The number of aliphatic hydroxyl groups excluding tert-OH is 4. The first-order valence-corrected chi connectivity index (χ1v) is 10.2. The maximum absolute atomic E-state index is 12.3. The highest BCUT2D eigenvalue weighted by Crippen LogP contribution is 2.32. The normalized spacial score (nSPS) is 26.0. The van der Waals surface area contributed by atoms with Gasteiger partial charge in [-0.05, 0) is 38.5 Å². The number of aromatic nitrogens is 2. The molecule has 1 aromatic heterocycles.